The van der Waals surface area contributed by atoms with E-state index in [1.165, 1.54) is 0 Å². The van der Waals surface area contributed by atoms with Gasteiger partial charge < -0.3 is 14.6 Å². The van der Waals surface area contributed by atoms with Crippen molar-refractivity contribution < 1.29 is 29.0 Å². The van der Waals surface area contributed by atoms with E-state index in [0.717, 1.165) is 11.1 Å². The first kappa shape index (κ1) is 19.4. The van der Waals surface area contributed by atoms with Crippen molar-refractivity contribution in [3.63, 3.8) is 0 Å². The number of carboxylic acids is 1. The lowest BCUT2D eigenvalue weighted by atomic mass is 9.79. The molecule has 0 unspecified atom stereocenters. The van der Waals surface area contributed by atoms with Crippen molar-refractivity contribution in [1.82, 2.24) is 10.9 Å². The van der Waals surface area contributed by atoms with Crippen molar-refractivity contribution >= 4 is 29.4 Å². The predicted octanol–water partition coefficient (Wildman–Crippen LogP) is 1.36. The van der Waals surface area contributed by atoms with Crippen LogP contribution in [0.15, 0.2) is 12.1 Å². The van der Waals surface area contributed by atoms with Crippen LogP contribution in [0.2, 0.25) is 5.02 Å². The fraction of sp³-hybridized carbons (Fsp3) is 0.500. The molecule has 2 bridgehead atoms. The molecule has 2 aliphatic rings. The van der Waals surface area contributed by atoms with E-state index in [1.54, 1.807) is 12.1 Å². The summed E-state index contributed by atoms with van der Waals surface area (Å²) in [5, 5.41) is 9.97. The van der Waals surface area contributed by atoms with E-state index in [1.807, 2.05) is 13.8 Å². The Labute approximate surface area is 161 Å². The highest BCUT2D eigenvalue weighted by Gasteiger charge is 2.55. The molecule has 1 aromatic carbocycles. The summed E-state index contributed by atoms with van der Waals surface area (Å²) < 4.78 is 10.9. The molecule has 1 aromatic rings. The van der Waals surface area contributed by atoms with E-state index >= 15 is 0 Å². The van der Waals surface area contributed by atoms with Gasteiger partial charge in [-0.15, -0.1) is 0 Å². The van der Waals surface area contributed by atoms with Gasteiger partial charge in [0.15, 0.2) is 6.61 Å². The fourth-order valence-electron chi connectivity index (χ4n) is 3.71. The Morgan fingerprint density at radius 3 is 2.33 bits per heavy atom. The van der Waals surface area contributed by atoms with Gasteiger partial charge in [-0.1, -0.05) is 11.6 Å². The van der Waals surface area contributed by atoms with Crippen molar-refractivity contribution in [1.29, 1.82) is 0 Å². The second-order valence-electron chi connectivity index (χ2n) is 6.88. The molecule has 2 amide bonds. The number of halogens is 1. The predicted molar refractivity (Wildman–Crippen MR) is 95.2 cm³/mol. The van der Waals surface area contributed by atoms with Crippen LogP contribution in [0.5, 0.6) is 5.75 Å². The molecule has 2 saturated heterocycles. The first-order valence-electron chi connectivity index (χ1n) is 8.64. The molecule has 2 aliphatic heterocycles. The standard InChI is InChI=1S/C18H21ClN2O6/c1-8-5-10(6-9(2)16(8)19)26-7-13(22)20-21-17(23)14-11-3-4-12(27-11)15(14)18(24)25/h5-6,11-12,14-15H,3-4,7H2,1-2H3,(H,20,22)(H,21,23)(H,24,25)/t11-,12-,14+,15+/m1/s1. The monoisotopic (exact) mass is 396 g/mol. The van der Waals surface area contributed by atoms with E-state index in [2.05, 4.69) is 10.9 Å². The molecular formula is C18H21ClN2O6. The number of carboxylic acid groups (broad SMARTS) is 1. The summed E-state index contributed by atoms with van der Waals surface area (Å²) in [6.45, 7) is 3.36. The van der Waals surface area contributed by atoms with Crippen LogP contribution in [-0.2, 0) is 19.1 Å². The maximum Gasteiger partial charge on any atom is 0.310 e. The third-order valence-electron chi connectivity index (χ3n) is 4.97. The SMILES string of the molecule is Cc1cc(OCC(=O)NNC(=O)[C@@H]2[C@@H](C(=O)O)[C@H]3CC[C@H]2O3)cc(C)c1Cl. The van der Waals surface area contributed by atoms with Crippen molar-refractivity contribution in [2.45, 2.75) is 38.9 Å². The van der Waals surface area contributed by atoms with E-state index < -0.39 is 41.8 Å². The number of carbonyl (C=O) groups excluding carboxylic acids is 2. The number of aryl methyl sites for hydroxylation is 2. The molecular weight excluding hydrogens is 376 g/mol. The Morgan fingerprint density at radius 2 is 1.74 bits per heavy atom. The fourth-order valence-corrected chi connectivity index (χ4v) is 3.82. The quantitative estimate of drug-likeness (QED) is 0.647. The van der Waals surface area contributed by atoms with Crippen molar-refractivity contribution in [2.24, 2.45) is 11.8 Å². The maximum atomic E-state index is 12.3. The van der Waals surface area contributed by atoms with Gasteiger partial charge in [0.1, 0.15) is 5.75 Å². The number of hydrogen-bond acceptors (Lipinski definition) is 5. The zero-order valence-electron chi connectivity index (χ0n) is 15.0. The summed E-state index contributed by atoms with van der Waals surface area (Å²) in [4.78, 5) is 35.7. The second-order valence-corrected chi connectivity index (χ2v) is 7.26. The molecule has 0 saturated carbocycles. The Morgan fingerprint density at radius 1 is 1.15 bits per heavy atom. The van der Waals surface area contributed by atoms with Crippen molar-refractivity contribution in [2.75, 3.05) is 6.61 Å². The summed E-state index contributed by atoms with van der Waals surface area (Å²) >= 11 is 6.09. The molecule has 0 aliphatic carbocycles. The zero-order valence-corrected chi connectivity index (χ0v) is 15.7. The number of rotatable bonds is 5. The molecule has 0 aromatic heterocycles. The molecule has 3 N–H and O–H groups in total. The van der Waals surface area contributed by atoms with Crippen LogP contribution in [0.25, 0.3) is 0 Å². The Balaban J connectivity index is 1.50. The third kappa shape index (κ3) is 4.01. The highest BCUT2D eigenvalue weighted by atomic mass is 35.5. The van der Waals surface area contributed by atoms with Gasteiger partial charge in [-0.05, 0) is 49.9 Å². The smallest absolute Gasteiger partial charge is 0.310 e. The molecule has 0 spiro atoms. The normalized spacial score (nSPS) is 25.9. The lowest BCUT2D eigenvalue weighted by Crippen LogP contribution is -2.51. The Hall–Kier alpha value is -2.32. The minimum absolute atomic E-state index is 0.309. The van der Waals surface area contributed by atoms with Gasteiger partial charge in [0.05, 0.1) is 24.0 Å². The van der Waals surface area contributed by atoms with Crippen LogP contribution in [0.4, 0.5) is 0 Å². The summed E-state index contributed by atoms with van der Waals surface area (Å²) in [5.41, 5.74) is 6.19. The number of benzene rings is 1. The number of carbonyl (C=O) groups is 3. The number of fused-ring (bicyclic) bond motifs is 2. The minimum Gasteiger partial charge on any atom is -0.484 e. The molecule has 3 rings (SSSR count). The third-order valence-corrected chi connectivity index (χ3v) is 5.56. The Kier molecular flexibility index (Phi) is 5.57. The van der Waals surface area contributed by atoms with E-state index in [0.29, 0.717) is 23.6 Å². The van der Waals surface area contributed by atoms with Crippen LogP contribution in [0.1, 0.15) is 24.0 Å². The largest absolute Gasteiger partial charge is 0.484 e. The van der Waals surface area contributed by atoms with Gasteiger partial charge in [-0.2, -0.15) is 0 Å². The number of nitrogens with one attached hydrogen (secondary N) is 2. The molecule has 27 heavy (non-hydrogen) atoms. The van der Waals surface area contributed by atoms with Gasteiger partial charge in [0, 0.05) is 5.02 Å². The summed E-state index contributed by atoms with van der Waals surface area (Å²) in [6.07, 6.45) is 0.396. The van der Waals surface area contributed by atoms with Gasteiger partial charge >= 0.3 is 5.97 Å². The molecule has 2 fully saturated rings. The van der Waals surface area contributed by atoms with Crippen LogP contribution in [0.3, 0.4) is 0 Å². The van der Waals surface area contributed by atoms with Crippen LogP contribution < -0.4 is 15.6 Å². The number of amides is 2. The maximum absolute atomic E-state index is 12.3. The minimum atomic E-state index is -1.06. The summed E-state index contributed by atoms with van der Waals surface area (Å²) in [7, 11) is 0. The highest BCUT2D eigenvalue weighted by Crippen LogP contribution is 2.43. The number of hydrogen-bond donors (Lipinski definition) is 3. The molecule has 9 heteroatoms. The van der Waals surface area contributed by atoms with Gasteiger partial charge in [-0.25, -0.2) is 0 Å². The molecule has 4 atom stereocenters. The van der Waals surface area contributed by atoms with Gasteiger partial charge in [0.2, 0.25) is 5.91 Å². The van der Waals surface area contributed by atoms with Crippen LogP contribution in [-0.4, -0.2) is 41.7 Å². The zero-order chi connectivity index (χ0) is 19.7. The summed E-state index contributed by atoms with van der Waals surface area (Å²) in [5.74, 6) is -3.42. The van der Waals surface area contributed by atoms with E-state index in [9.17, 15) is 19.5 Å². The number of hydrazine groups is 1. The lowest BCUT2D eigenvalue weighted by molar-refractivity contribution is -0.148. The molecule has 8 nitrogen and oxygen atoms in total. The first-order valence-corrected chi connectivity index (χ1v) is 9.02. The van der Waals surface area contributed by atoms with Crippen LogP contribution in [0, 0.1) is 25.7 Å². The average molecular weight is 397 g/mol. The molecule has 0 radical (unpaired) electrons. The highest BCUT2D eigenvalue weighted by molar-refractivity contribution is 6.32. The van der Waals surface area contributed by atoms with Crippen LogP contribution >= 0.6 is 11.6 Å². The molecule has 146 valence electrons. The van der Waals surface area contributed by atoms with Crippen molar-refractivity contribution in [3.05, 3.63) is 28.3 Å². The Bertz CT molecular complexity index is 760. The number of aliphatic carboxylic acids is 1. The number of ether oxygens (including phenoxy) is 2. The lowest BCUT2D eigenvalue weighted by Gasteiger charge is -2.23. The van der Waals surface area contributed by atoms with Gasteiger partial charge in [0.25, 0.3) is 5.91 Å². The van der Waals surface area contributed by atoms with E-state index in [4.69, 9.17) is 21.1 Å². The molecule has 2 heterocycles. The van der Waals surface area contributed by atoms with Gasteiger partial charge in [-0.3, -0.25) is 25.2 Å². The summed E-state index contributed by atoms with van der Waals surface area (Å²) in [6, 6.07) is 3.43. The topological polar surface area (TPSA) is 114 Å². The second kappa shape index (κ2) is 7.74. The average Bonchev–Trinajstić information content (AvgIpc) is 3.23. The van der Waals surface area contributed by atoms with Crippen molar-refractivity contribution in [3.8, 4) is 5.75 Å². The first-order chi connectivity index (χ1) is 12.8. The van der Waals surface area contributed by atoms with E-state index in [-0.39, 0.29) is 6.61 Å².